The van der Waals surface area contributed by atoms with Gasteiger partial charge in [-0.15, -0.1) is 0 Å². The number of hydrogen-bond acceptors (Lipinski definition) is 2. The van der Waals surface area contributed by atoms with Crippen molar-refractivity contribution in [2.24, 2.45) is 0 Å². The summed E-state index contributed by atoms with van der Waals surface area (Å²) in [6, 6.07) is 23.6. The van der Waals surface area contributed by atoms with E-state index in [2.05, 4.69) is 17.6 Å². The fraction of sp³-hybridized carbons (Fsp3) is 0.0909. The Kier molecular flexibility index (Phi) is 5.44. The van der Waals surface area contributed by atoms with Crippen molar-refractivity contribution in [3.05, 3.63) is 95.6 Å². The first kappa shape index (κ1) is 17.4. The average Bonchev–Trinajstić information content (AvgIpc) is 2.69. The van der Waals surface area contributed by atoms with Gasteiger partial charge in [-0.3, -0.25) is 9.59 Å². The highest BCUT2D eigenvalue weighted by molar-refractivity contribution is 6.06. The molecule has 0 spiro atoms. The second-order valence-corrected chi connectivity index (χ2v) is 5.91. The molecule has 0 atom stereocenters. The molecule has 3 aromatic rings. The van der Waals surface area contributed by atoms with Crippen molar-refractivity contribution in [3.63, 3.8) is 0 Å². The number of rotatable bonds is 5. The van der Waals surface area contributed by atoms with E-state index in [4.69, 9.17) is 0 Å². The van der Waals surface area contributed by atoms with Gasteiger partial charge in [0.25, 0.3) is 11.8 Å². The zero-order chi connectivity index (χ0) is 18.4. The predicted molar refractivity (Wildman–Crippen MR) is 105 cm³/mol. The molecular formula is C22H20N2O2. The van der Waals surface area contributed by atoms with E-state index in [-0.39, 0.29) is 11.8 Å². The van der Waals surface area contributed by atoms with Crippen LogP contribution in [0.15, 0.2) is 78.9 Å². The SMILES string of the molecule is CCc1ccc(C(=O)Nc2cccc(NC(=O)c3ccccc3)c2)cc1. The number of amides is 2. The summed E-state index contributed by atoms with van der Waals surface area (Å²) in [5.74, 6) is -0.372. The molecule has 0 aliphatic carbocycles. The molecular weight excluding hydrogens is 324 g/mol. The van der Waals surface area contributed by atoms with E-state index in [9.17, 15) is 9.59 Å². The first-order chi connectivity index (χ1) is 12.7. The second kappa shape index (κ2) is 8.12. The van der Waals surface area contributed by atoms with Crippen LogP contribution in [0.3, 0.4) is 0 Å². The number of hydrogen-bond donors (Lipinski definition) is 2. The highest BCUT2D eigenvalue weighted by Crippen LogP contribution is 2.17. The van der Waals surface area contributed by atoms with E-state index in [1.165, 1.54) is 5.56 Å². The van der Waals surface area contributed by atoms with Gasteiger partial charge in [0.1, 0.15) is 0 Å². The summed E-state index contributed by atoms with van der Waals surface area (Å²) >= 11 is 0. The van der Waals surface area contributed by atoms with Gasteiger partial charge >= 0.3 is 0 Å². The highest BCUT2D eigenvalue weighted by atomic mass is 16.2. The number of carbonyl (C=O) groups is 2. The molecule has 4 heteroatoms. The maximum atomic E-state index is 12.4. The van der Waals surface area contributed by atoms with Crippen molar-refractivity contribution < 1.29 is 9.59 Å². The zero-order valence-electron chi connectivity index (χ0n) is 14.5. The van der Waals surface area contributed by atoms with Crippen molar-refractivity contribution in [2.75, 3.05) is 10.6 Å². The molecule has 130 valence electrons. The summed E-state index contributed by atoms with van der Waals surface area (Å²) in [6.07, 6.45) is 0.936. The second-order valence-electron chi connectivity index (χ2n) is 5.91. The molecule has 0 aliphatic heterocycles. The van der Waals surface area contributed by atoms with Crippen molar-refractivity contribution in [1.29, 1.82) is 0 Å². The Morgan fingerprint density at radius 3 is 1.77 bits per heavy atom. The van der Waals surface area contributed by atoms with Crippen LogP contribution in [-0.4, -0.2) is 11.8 Å². The highest BCUT2D eigenvalue weighted by Gasteiger charge is 2.08. The molecule has 0 radical (unpaired) electrons. The molecule has 3 aromatic carbocycles. The third-order valence-corrected chi connectivity index (χ3v) is 4.04. The molecule has 2 N–H and O–H groups in total. The van der Waals surface area contributed by atoms with Gasteiger partial charge in [-0.05, 0) is 54.4 Å². The fourth-order valence-corrected chi connectivity index (χ4v) is 2.56. The van der Waals surface area contributed by atoms with E-state index >= 15 is 0 Å². The molecule has 26 heavy (non-hydrogen) atoms. The summed E-state index contributed by atoms with van der Waals surface area (Å²) in [5, 5.41) is 5.70. The largest absolute Gasteiger partial charge is 0.322 e. The van der Waals surface area contributed by atoms with E-state index in [0.29, 0.717) is 22.5 Å². The third kappa shape index (κ3) is 4.36. The number of aryl methyl sites for hydroxylation is 1. The van der Waals surface area contributed by atoms with Crippen molar-refractivity contribution >= 4 is 23.2 Å². The van der Waals surface area contributed by atoms with Crippen molar-refractivity contribution in [3.8, 4) is 0 Å². The van der Waals surface area contributed by atoms with Crippen LogP contribution < -0.4 is 10.6 Å². The van der Waals surface area contributed by atoms with Gasteiger partial charge in [0.2, 0.25) is 0 Å². The van der Waals surface area contributed by atoms with Gasteiger partial charge in [-0.1, -0.05) is 43.3 Å². The third-order valence-electron chi connectivity index (χ3n) is 4.04. The lowest BCUT2D eigenvalue weighted by Crippen LogP contribution is -2.14. The lowest BCUT2D eigenvalue weighted by molar-refractivity contribution is 0.101. The minimum absolute atomic E-state index is 0.181. The van der Waals surface area contributed by atoms with Crippen LogP contribution in [-0.2, 0) is 6.42 Å². The van der Waals surface area contributed by atoms with Crippen LogP contribution >= 0.6 is 0 Å². The number of carbonyl (C=O) groups excluding carboxylic acids is 2. The minimum atomic E-state index is -0.191. The van der Waals surface area contributed by atoms with Gasteiger partial charge in [0, 0.05) is 22.5 Å². The molecule has 0 saturated carbocycles. The van der Waals surface area contributed by atoms with Gasteiger partial charge in [-0.2, -0.15) is 0 Å². The topological polar surface area (TPSA) is 58.2 Å². The Morgan fingerprint density at radius 1 is 0.692 bits per heavy atom. The van der Waals surface area contributed by atoms with Crippen molar-refractivity contribution in [1.82, 2.24) is 0 Å². The number of anilines is 2. The van der Waals surface area contributed by atoms with Crippen LogP contribution in [0.2, 0.25) is 0 Å². The molecule has 0 aromatic heterocycles. The van der Waals surface area contributed by atoms with E-state index in [0.717, 1.165) is 6.42 Å². The lowest BCUT2D eigenvalue weighted by Gasteiger charge is -2.09. The Morgan fingerprint density at radius 2 is 1.23 bits per heavy atom. The summed E-state index contributed by atoms with van der Waals surface area (Å²) in [7, 11) is 0. The average molecular weight is 344 g/mol. The lowest BCUT2D eigenvalue weighted by atomic mass is 10.1. The molecule has 0 heterocycles. The standard InChI is InChI=1S/C22H20N2O2/c1-2-16-11-13-18(14-12-16)22(26)24-20-10-6-9-19(15-20)23-21(25)17-7-4-3-5-8-17/h3-15H,2H2,1H3,(H,23,25)(H,24,26). The first-order valence-electron chi connectivity index (χ1n) is 8.52. The first-order valence-corrected chi connectivity index (χ1v) is 8.52. The number of benzene rings is 3. The van der Waals surface area contributed by atoms with Crippen LogP contribution in [0.1, 0.15) is 33.2 Å². The van der Waals surface area contributed by atoms with Crippen molar-refractivity contribution in [2.45, 2.75) is 13.3 Å². The van der Waals surface area contributed by atoms with Crippen LogP contribution in [0.5, 0.6) is 0 Å². The molecule has 0 saturated heterocycles. The Hall–Kier alpha value is -3.40. The normalized spacial score (nSPS) is 10.2. The maximum absolute atomic E-state index is 12.4. The van der Waals surface area contributed by atoms with Crippen LogP contribution in [0.4, 0.5) is 11.4 Å². The van der Waals surface area contributed by atoms with E-state index in [1.54, 1.807) is 36.4 Å². The molecule has 0 bridgehead atoms. The molecule has 0 unspecified atom stereocenters. The Balaban J connectivity index is 1.68. The summed E-state index contributed by atoms with van der Waals surface area (Å²) in [5.41, 5.74) is 3.62. The molecule has 2 amide bonds. The van der Waals surface area contributed by atoms with Gasteiger partial charge in [0.05, 0.1) is 0 Å². The quantitative estimate of drug-likeness (QED) is 0.701. The van der Waals surface area contributed by atoms with E-state index in [1.807, 2.05) is 42.5 Å². The molecule has 0 aliphatic rings. The smallest absolute Gasteiger partial charge is 0.255 e. The fourth-order valence-electron chi connectivity index (χ4n) is 2.56. The van der Waals surface area contributed by atoms with Gasteiger partial charge < -0.3 is 10.6 Å². The summed E-state index contributed by atoms with van der Waals surface area (Å²) in [6.45, 7) is 2.07. The zero-order valence-corrected chi connectivity index (χ0v) is 14.5. The maximum Gasteiger partial charge on any atom is 0.255 e. The molecule has 3 rings (SSSR count). The summed E-state index contributed by atoms with van der Waals surface area (Å²) < 4.78 is 0. The Labute approximate surface area is 152 Å². The molecule has 0 fully saturated rings. The summed E-state index contributed by atoms with van der Waals surface area (Å²) in [4.78, 5) is 24.6. The monoisotopic (exact) mass is 344 g/mol. The minimum Gasteiger partial charge on any atom is -0.322 e. The van der Waals surface area contributed by atoms with E-state index < -0.39 is 0 Å². The van der Waals surface area contributed by atoms with Crippen LogP contribution in [0, 0.1) is 0 Å². The van der Waals surface area contributed by atoms with Gasteiger partial charge in [-0.25, -0.2) is 0 Å². The Bertz CT molecular complexity index is 903. The number of nitrogens with one attached hydrogen (secondary N) is 2. The van der Waals surface area contributed by atoms with Crippen LogP contribution in [0.25, 0.3) is 0 Å². The molecule has 4 nitrogen and oxygen atoms in total. The predicted octanol–water partition coefficient (Wildman–Crippen LogP) is 4.75. The van der Waals surface area contributed by atoms with Gasteiger partial charge in [0.15, 0.2) is 0 Å².